The highest BCUT2D eigenvalue weighted by molar-refractivity contribution is 7.91. The molecule has 1 aliphatic rings. The van der Waals surface area contributed by atoms with Crippen molar-refractivity contribution in [2.75, 3.05) is 25.4 Å². The number of hydrogen-bond donors (Lipinski definition) is 2. The SMILES string of the molecule is O=C(NO)[C@H]1CN(S(=O)(=O)CCc2ccccn2)CCN1S(=O)(=O)c1ccc(-c2ccccc2)s1. The Bertz CT molecular complexity index is 1380. The monoisotopic (exact) mass is 536 g/mol. The Balaban J connectivity index is 1.54. The summed E-state index contributed by atoms with van der Waals surface area (Å²) in [6, 6.07) is 16.2. The Morgan fingerprint density at radius 2 is 1.77 bits per heavy atom. The summed E-state index contributed by atoms with van der Waals surface area (Å²) in [5.74, 6) is -1.24. The molecule has 35 heavy (non-hydrogen) atoms. The first-order valence-electron chi connectivity index (χ1n) is 10.7. The smallest absolute Gasteiger partial charge is 0.263 e. The maximum Gasteiger partial charge on any atom is 0.263 e. The Morgan fingerprint density at radius 1 is 1.03 bits per heavy atom. The lowest BCUT2D eigenvalue weighted by molar-refractivity contribution is -0.134. The standard InChI is InChI=1S/C22H24N4O6S3/c27-22(24-28)19-16-25(34(29,30)15-11-18-8-4-5-12-23-18)13-14-26(19)35(31,32)21-10-9-20(33-21)17-6-2-1-3-7-17/h1-10,12,19,28H,11,13-16H2,(H,24,27)/t19-/m1/s1. The van der Waals surface area contributed by atoms with E-state index in [2.05, 4.69) is 4.98 Å². The predicted molar refractivity (Wildman–Crippen MR) is 131 cm³/mol. The van der Waals surface area contributed by atoms with E-state index in [0.717, 1.165) is 30.4 Å². The number of hydrogen-bond acceptors (Lipinski definition) is 8. The third-order valence-electron chi connectivity index (χ3n) is 5.65. The molecule has 1 aromatic carbocycles. The number of carbonyl (C=O) groups is 1. The first-order chi connectivity index (χ1) is 16.7. The number of sulfonamides is 2. The number of piperazine rings is 1. The average molecular weight is 537 g/mol. The molecular weight excluding hydrogens is 512 g/mol. The molecule has 0 spiro atoms. The van der Waals surface area contributed by atoms with E-state index in [9.17, 15) is 26.8 Å². The van der Waals surface area contributed by atoms with Crippen LogP contribution in [0.4, 0.5) is 0 Å². The summed E-state index contributed by atoms with van der Waals surface area (Å²) < 4.78 is 54.8. The van der Waals surface area contributed by atoms with E-state index in [1.165, 1.54) is 11.5 Å². The molecule has 3 aromatic rings. The van der Waals surface area contributed by atoms with Crippen LogP contribution in [0, 0.1) is 0 Å². The quantitative estimate of drug-likeness (QED) is 0.329. The van der Waals surface area contributed by atoms with Crippen molar-refractivity contribution >= 4 is 37.3 Å². The summed E-state index contributed by atoms with van der Waals surface area (Å²) in [4.78, 5) is 17.3. The van der Waals surface area contributed by atoms with Crippen LogP contribution in [-0.2, 0) is 31.3 Å². The molecule has 10 nitrogen and oxygen atoms in total. The first kappa shape index (κ1) is 25.4. The van der Waals surface area contributed by atoms with Gasteiger partial charge in [0.15, 0.2) is 0 Å². The number of benzene rings is 1. The lowest BCUT2D eigenvalue weighted by Gasteiger charge is -2.38. The maximum absolute atomic E-state index is 13.4. The molecule has 4 rings (SSSR count). The zero-order chi connectivity index (χ0) is 25.1. The number of rotatable bonds is 8. The summed E-state index contributed by atoms with van der Waals surface area (Å²) in [6.45, 7) is -0.759. The molecule has 13 heteroatoms. The predicted octanol–water partition coefficient (Wildman–Crippen LogP) is 1.56. The Morgan fingerprint density at radius 3 is 2.46 bits per heavy atom. The highest BCUT2D eigenvalue weighted by atomic mass is 32.2. The largest absolute Gasteiger partial charge is 0.289 e. The molecule has 1 fully saturated rings. The van der Waals surface area contributed by atoms with Crippen LogP contribution in [0.3, 0.4) is 0 Å². The molecule has 0 saturated carbocycles. The molecule has 186 valence electrons. The van der Waals surface area contributed by atoms with Gasteiger partial charge in [0.1, 0.15) is 10.3 Å². The minimum atomic E-state index is -4.13. The van der Waals surface area contributed by atoms with Gasteiger partial charge in [-0.25, -0.2) is 22.3 Å². The third-order valence-corrected chi connectivity index (χ3v) is 11.0. The van der Waals surface area contributed by atoms with Crippen molar-refractivity contribution in [1.82, 2.24) is 19.1 Å². The normalized spacial score (nSPS) is 17.8. The van der Waals surface area contributed by atoms with Crippen LogP contribution >= 0.6 is 11.3 Å². The summed E-state index contributed by atoms with van der Waals surface area (Å²) in [5.41, 5.74) is 2.94. The van der Waals surface area contributed by atoms with E-state index < -0.39 is 38.5 Å². The minimum Gasteiger partial charge on any atom is -0.289 e. The zero-order valence-corrected chi connectivity index (χ0v) is 21.0. The molecule has 0 bridgehead atoms. The van der Waals surface area contributed by atoms with Crippen LogP contribution in [0.2, 0.25) is 0 Å². The maximum atomic E-state index is 13.4. The lowest BCUT2D eigenvalue weighted by atomic mass is 10.2. The van der Waals surface area contributed by atoms with E-state index in [0.29, 0.717) is 5.69 Å². The molecule has 1 saturated heterocycles. The number of aromatic nitrogens is 1. The van der Waals surface area contributed by atoms with E-state index in [-0.39, 0.29) is 29.5 Å². The van der Waals surface area contributed by atoms with Crippen molar-refractivity contribution in [1.29, 1.82) is 0 Å². The topological polar surface area (TPSA) is 137 Å². The van der Waals surface area contributed by atoms with Gasteiger partial charge in [0.05, 0.1) is 5.75 Å². The molecule has 2 aromatic heterocycles. The second kappa shape index (κ2) is 10.5. The van der Waals surface area contributed by atoms with E-state index in [1.54, 1.807) is 30.5 Å². The van der Waals surface area contributed by atoms with Gasteiger partial charge in [0.2, 0.25) is 10.0 Å². The van der Waals surface area contributed by atoms with Gasteiger partial charge in [-0.1, -0.05) is 36.4 Å². The number of amides is 1. The van der Waals surface area contributed by atoms with Crippen molar-refractivity contribution in [2.24, 2.45) is 0 Å². The molecule has 1 amide bonds. The number of thiophene rings is 1. The molecule has 0 aliphatic carbocycles. The van der Waals surface area contributed by atoms with Crippen LogP contribution in [0.5, 0.6) is 0 Å². The molecule has 0 unspecified atom stereocenters. The molecule has 3 heterocycles. The Labute approximate surface area is 207 Å². The number of pyridine rings is 1. The molecular formula is C22H24N4O6S3. The Hall–Kier alpha value is -2.68. The fourth-order valence-electron chi connectivity index (χ4n) is 3.81. The van der Waals surface area contributed by atoms with Crippen LogP contribution in [0.1, 0.15) is 5.69 Å². The van der Waals surface area contributed by atoms with Crippen LogP contribution < -0.4 is 5.48 Å². The number of carbonyl (C=O) groups excluding carboxylic acids is 1. The lowest BCUT2D eigenvalue weighted by Crippen LogP contribution is -2.61. The van der Waals surface area contributed by atoms with Gasteiger partial charge in [-0.05, 0) is 29.8 Å². The van der Waals surface area contributed by atoms with Gasteiger partial charge in [-0.3, -0.25) is 15.0 Å². The molecule has 1 aliphatic heterocycles. The molecule has 0 radical (unpaired) electrons. The molecule has 1 atom stereocenters. The first-order valence-corrected chi connectivity index (χ1v) is 14.6. The van der Waals surface area contributed by atoms with Crippen LogP contribution in [0.25, 0.3) is 10.4 Å². The minimum absolute atomic E-state index is 0.0264. The van der Waals surface area contributed by atoms with Gasteiger partial charge in [0.25, 0.3) is 15.9 Å². The van der Waals surface area contributed by atoms with Crippen molar-refractivity contribution in [3.05, 3.63) is 72.6 Å². The number of nitrogens with one attached hydrogen (secondary N) is 1. The van der Waals surface area contributed by atoms with Gasteiger partial charge in [0, 0.05) is 42.8 Å². The van der Waals surface area contributed by atoms with Crippen molar-refractivity contribution < 1.29 is 26.8 Å². The third kappa shape index (κ3) is 5.60. The van der Waals surface area contributed by atoms with Crippen LogP contribution in [-0.4, -0.2) is 73.0 Å². The van der Waals surface area contributed by atoms with Crippen molar-refractivity contribution in [2.45, 2.75) is 16.7 Å². The zero-order valence-electron chi connectivity index (χ0n) is 18.5. The summed E-state index contributed by atoms with van der Waals surface area (Å²) in [5, 5.41) is 9.24. The number of hydroxylamine groups is 1. The van der Waals surface area contributed by atoms with Crippen molar-refractivity contribution in [3.8, 4) is 10.4 Å². The number of nitrogens with zero attached hydrogens (tertiary/aromatic N) is 3. The summed E-state index contributed by atoms with van der Waals surface area (Å²) >= 11 is 1.06. The second-order valence-electron chi connectivity index (χ2n) is 7.84. The van der Waals surface area contributed by atoms with Gasteiger partial charge >= 0.3 is 0 Å². The van der Waals surface area contributed by atoms with E-state index in [4.69, 9.17) is 0 Å². The van der Waals surface area contributed by atoms with Gasteiger partial charge in [-0.15, -0.1) is 11.3 Å². The average Bonchev–Trinajstić information content (AvgIpc) is 3.39. The Kier molecular flexibility index (Phi) is 7.64. The van der Waals surface area contributed by atoms with Gasteiger partial charge in [-0.2, -0.15) is 8.61 Å². The highest BCUT2D eigenvalue weighted by Gasteiger charge is 2.43. The number of aryl methyl sites for hydroxylation is 1. The fourth-order valence-corrected chi connectivity index (χ4v) is 8.27. The van der Waals surface area contributed by atoms with Gasteiger partial charge < -0.3 is 0 Å². The second-order valence-corrected chi connectivity index (χ2v) is 13.1. The fraction of sp³-hybridized carbons (Fsp3) is 0.273. The summed E-state index contributed by atoms with van der Waals surface area (Å²) in [6.07, 6.45) is 1.75. The highest BCUT2D eigenvalue weighted by Crippen LogP contribution is 2.33. The van der Waals surface area contributed by atoms with Crippen LogP contribution in [0.15, 0.2) is 71.1 Å². The summed E-state index contributed by atoms with van der Waals surface area (Å²) in [7, 11) is -7.94. The van der Waals surface area contributed by atoms with Crippen molar-refractivity contribution in [3.63, 3.8) is 0 Å². The van der Waals surface area contributed by atoms with E-state index >= 15 is 0 Å². The van der Waals surface area contributed by atoms with E-state index in [1.807, 2.05) is 30.3 Å². The molecule has 2 N–H and O–H groups in total.